The van der Waals surface area contributed by atoms with E-state index in [-0.39, 0.29) is 12.6 Å². The van der Waals surface area contributed by atoms with Gasteiger partial charge in [0.15, 0.2) is 0 Å². The molecule has 2 saturated carbocycles. The van der Waals surface area contributed by atoms with Gasteiger partial charge in [-0.1, -0.05) is 30.3 Å². The lowest BCUT2D eigenvalue weighted by atomic mass is 9.82. The molecule has 5 nitrogen and oxygen atoms in total. The van der Waals surface area contributed by atoms with Crippen LogP contribution in [-0.4, -0.2) is 34.6 Å². The second-order valence-corrected chi connectivity index (χ2v) is 11.4. The molecule has 0 saturated heterocycles. The minimum Gasteiger partial charge on any atom is -0.458 e. The maximum atomic E-state index is 11.8. The number of benzene rings is 1. The fourth-order valence-corrected chi connectivity index (χ4v) is 5.72. The summed E-state index contributed by atoms with van der Waals surface area (Å²) in [6.45, 7) is 7.31. The lowest BCUT2D eigenvalue weighted by molar-refractivity contribution is -0.160. The lowest BCUT2D eigenvalue weighted by Gasteiger charge is -2.28. The molecule has 1 heterocycles. The maximum Gasteiger partial charge on any atom is 0.332 e. The van der Waals surface area contributed by atoms with Gasteiger partial charge >= 0.3 is 5.97 Å². The zero-order chi connectivity index (χ0) is 22.7. The summed E-state index contributed by atoms with van der Waals surface area (Å²) < 4.78 is 14.6. The minimum atomic E-state index is -0.458. The van der Waals surface area contributed by atoms with E-state index in [4.69, 9.17) is 14.6 Å². The Balaban J connectivity index is 1.31. The molecule has 174 valence electrons. The first kappa shape index (κ1) is 23.7. The van der Waals surface area contributed by atoms with E-state index in [1.54, 1.807) is 0 Å². The van der Waals surface area contributed by atoms with Crippen molar-refractivity contribution in [3.8, 4) is 11.3 Å². The number of carbonyl (C=O) groups excluding carboxylic acids is 1. The zero-order valence-electron chi connectivity index (χ0n) is 19.5. The predicted molar refractivity (Wildman–Crippen MR) is 134 cm³/mol. The number of carbonyl (C=O) groups is 1. The van der Waals surface area contributed by atoms with Crippen LogP contribution in [0.4, 0.5) is 0 Å². The molecule has 0 amide bonds. The van der Waals surface area contributed by atoms with Crippen LogP contribution in [0.5, 0.6) is 0 Å². The highest BCUT2D eigenvalue weighted by molar-refractivity contribution is 14.1. The van der Waals surface area contributed by atoms with E-state index in [1.807, 2.05) is 20.8 Å². The first-order valence-electron chi connectivity index (χ1n) is 11.9. The van der Waals surface area contributed by atoms with Crippen molar-refractivity contribution in [1.82, 2.24) is 9.78 Å². The Morgan fingerprint density at radius 1 is 1.06 bits per heavy atom. The van der Waals surface area contributed by atoms with Gasteiger partial charge in [-0.15, -0.1) is 0 Å². The van der Waals surface area contributed by atoms with Crippen LogP contribution >= 0.6 is 22.6 Å². The molecule has 2 fully saturated rings. The van der Waals surface area contributed by atoms with Crippen LogP contribution in [-0.2, 0) is 20.8 Å². The number of hydrogen-bond acceptors (Lipinski definition) is 4. The third-order valence-corrected chi connectivity index (χ3v) is 7.39. The van der Waals surface area contributed by atoms with Gasteiger partial charge in [0.25, 0.3) is 0 Å². The highest BCUT2D eigenvalue weighted by atomic mass is 127. The molecule has 32 heavy (non-hydrogen) atoms. The van der Waals surface area contributed by atoms with Crippen molar-refractivity contribution in [2.75, 3.05) is 13.2 Å². The topological polar surface area (TPSA) is 53.4 Å². The molecule has 0 spiro atoms. The van der Waals surface area contributed by atoms with Crippen molar-refractivity contribution in [3.63, 3.8) is 0 Å². The van der Waals surface area contributed by atoms with E-state index in [1.165, 1.54) is 46.2 Å². The normalized spacial score (nSPS) is 21.5. The van der Waals surface area contributed by atoms with Crippen molar-refractivity contribution in [2.45, 2.75) is 77.4 Å². The SMILES string of the molecule is CC(C)(C)OC(=O)COC[C@H]1CC[C@H](Cn2nc(C3CC3)c(I)c2-c2ccccc2)CC1. The first-order chi connectivity index (χ1) is 15.3. The largest absolute Gasteiger partial charge is 0.458 e. The standard InChI is InChI=1S/C26H35IN2O3/c1-26(2,3)32-22(30)17-31-16-19-11-9-18(10-12-19)15-29-25(21-7-5-4-6-8-21)23(27)24(28-29)20-13-14-20/h4-8,18-20H,9-17H2,1-3H3/t18-,19-. The monoisotopic (exact) mass is 550 g/mol. The highest BCUT2D eigenvalue weighted by Crippen LogP contribution is 2.44. The fourth-order valence-electron chi connectivity index (χ4n) is 4.59. The van der Waals surface area contributed by atoms with Crippen molar-refractivity contribution in [3.05, 3.63) is 39.6 Å². The van der Waals surface area contributed by atoms with Crippen LogP contribution in [0.25, 0.3) is 11.3 Å². The van der Waals surface area contributed by atoms with Gasteiger partial charge in [-0.25, -0.2) is 4.79 Å². The number of aromatic nitrogens is 2. The molecule has 0 aliphatic heterocycles. The molecule has 1 aromatic carbocycles. The van der Waals surface area contributed by atoms with Crippen molar-refractivity contribution in [2.24, 2.45) is 11.8 Å². The molecule has 1 aromatic heterocycles. The third-order valence-electron chi connectivity index (χ3n) is 6.32. The summed E-state index contributed by atoms with van der Waals surface area (Å²) in [5.74, 6) is 1.55. The second kappa shape index (κ2) is 10.2. The third kappa shape index (κ3) is 6.34. The summed E-state index contributed by atoms with van der Waals surface area (Å²) in [7, 11) is 0. The molecule has 0 radical (unpaired) electrons. The number of nitrogens with zero attached hydrogens (tertiary/aromatic N) is 2. The molecular weight excluding hydrogens is 515 g/mol. The number of hydrogen-bond donors (Lipinski definition) is 0. The van der Waals surface area contributed by atoms with Crippen LogP contribution < -0.4 is 0 Å². The van der Waals surface area contributed by atoms with Crippen molar-refractivity contribution >= 4 is 28.6 Å². The van der Waals surface area contributed by atoms with Crippen LogP contribution in [0.15, 0.2) is 30.3 Å². The van der Waals surface area contributed by atoms with Gasteiger partial charge in [0, 0.05) is 18.0 Å². The summed E-state index contributed by atoms with van der Waals surface area (Å²) >= 11 is 2.51. The van der Waals surface area contributed by atoms with Gasteiger partial charge in [0.1, 0.15) is 12.2 Å². The van der Waals surface area contributed by atoms with E-state index in [0.29, 0.717) is 24.4 Å². The average Bonchev–Trinajstić information content (AvgIpc) is 3.53. The van der Waals surface area contributed by atoms with Crippen LogP contribution in [0, 0.1) is 15.4 Å². The number of ether oxygens (including phenoxy) is 2. The Kier molecular flexibility index (Phi) is 7.60. The number of rotatable bonds is 8. The summed E-state index contributed by atoms with van der Waals surface area (Å²) in [5, 5.41) is 5.09. The van der Waals surface area contributed by atoms with E-state index >= 15 is 0 Å². The number of esters is 1. The molecule has 2 aliphatic carbocycles. The predicted octanol–water partition coefficient (Wildman–Crippen LogP) is 6.20. The molecule has 0 bridgehead atoms. The maximum absolute atomic E-state index is 11.8. The fraction of sp³-hybridized carbons (Fsp3) is 0.615. The number of halogens is 1. The molecule has 2 aliphatic rings. The van der Waals surface area contributed by atoms with Crippen LogP contribution in [0.2, 0.25) is 0 Å². The molecule has 2 aromatic rings. The van der Waals surface area contributed by atoms with E-state index in [9.17, 15) is 4.79 Å². The van der Waals surface area contributed by atoms with Crippen molar-refractivity contribution in [1.29, 1.82) is 0 Å². The van der Waals surface area contributed by atoms with Crippen molar-refractivity contribution < 1.29 is 14.3 Å². The van der Waals surface area contributed by atoms with Gasteiger partial charge in [-0.05, 0) is 93.7 Å². The molecule has 0 N–H and O–H groups in total. The summed E-state index contributed by atoms with van der Waals surface area (Å²) in [4.78, 5) is 11.8. The zero-order valence-corrected chi connectivity index (χ0v) is 21.6. The summed E-state index contributed by atoms with van der Waals surface area (Å²) in [6.07, 6.45) is 7.21. The minimum absolute atomic E-state index is 0.0489. The Morgan fingerprint density at radius 3 is 2.34 bits per heavy atom. The smallest absolute Gasteiger partial charge is 0.332 e. The summed E-state index contributed by atoms with van der Waals surface area (Å²) in [5.41, 5.74) is 3.39. The first-order valence-corrected chi connectivity index (χ1v) is 13.0. The van der Waals surface area contributed by atoms with Crippen LogP contribution in [0.3, 0.4) is 0 Å². The van der Waals surface area contributed by atoms with Gasteiger partial charge in [-0.3, -0.25) is 4.68 Å². The Morgan fingerprint density at radius 2 is 1.72 bits per heavy atom. The Hall–Kier alpha value is -1.41. The van der Waals surface area contributed by atoms with Crippen LogP contribution in [0.1, 0.15) is 70.9 Å². The second-order valence-electron chi connectivity index (χ2n) is 10.4. The average molecular weight is 550 g/mol. The Bertz CT molecular complexity index is 907. The highest BCUT2D eigenvalue weighted by Gasteiger charge is 2.32. The lowest BCUT2D eigenvalue weighted by Crippen LogP contribution is -2.28. The van der Waals surface area contributed by atoms with Gasteiger partial charge < -0.3 is 9.47 Å². The van der Waals surface area contributed by atoms with Gasteiger partial charge in [0.2, 0.25) is 0 Å². The van der Waals surface area contributed by atoms with Gasteiger partial charge in [0.05, 0.1) is 21.6 Å². The molecule has 6 heteroatoms. The molecule has 4 rings (SSSR count). The quantitative estimate of drug-likeness (QED) is 0.290. The van der Waals surface area contributed by atoms with E-state index in [0.717, 1.165) is 19.4 Å². The molecule has 0 atom stereocenters. The Labute approximate surface area is 205 Å². The summed E-state index contributed by atoms with van der Waals surface area (Å²) in [6, 6.07) is 10.7. The van der Waals surface area contributed by atoms with Gasteiger partial charge in [-0.2, -0.15) is 5.10 Å². The van der Waals surface area contributed by atoms with E-state index < -0.39 is 5.60 Å². The molecule has 0 unspecified atom stereocenters. The van der Waals surface area contributed by atoms with E-state index in [2.05, 4.69) is 57.6 Å². The molecular formula is C26H35IN2O3.